The Bertz CT molecular complexity index is 1380. The number of nitrogens with zero attached hydrogens (tertiary/aromatic N) is 2. The van der Waals surface area contributed by atoms with Crippen LogP contribution in [-0.4, -0.2) is 55.9 Å². The van der Waals surface area contributed by atoms with E-state index in [1.165, 1.54) is 24.1 Å². The van der Waals surface area contributed by atoms with Crippen LogP contribution in [0.2, 0.25) is 0 Å². The van der Waals surface area contributed by atoms with Crippen LogP contribution in [-0.2, 0) is 28.0 Å². The molecule has 0 aliphatic rings. The van der Waals surface area contributed by atoms with Crippen LogP contribution in [0.3, 0.4) is 0 Å². The smallest absolute Gasteiger partial charge is 0.301 e. The van der Waals surface area contributed by atoms with E-state index in [1.54, 1.807) is 6.92 Å². The maximum Gasteiger partial charge on any atom is 0.301 e. The van der Waals surface area contributed by atoms with Crippen LogP contribution in [0, 0.1) is 12.7 Å². The molecule has 13 heteroatoms. The maximum atomic E-state index is 14.6. The van der Waals surface area contributed by atoms with Crippen LogP contribution < -0.4 is 14.2 Å². The van der Waals surface area contributed by atoms with Gasteiger partial charge >= 0.3 is 10.2 Å². The number of hydrogen-bond donors (Lipinski definition) is 3. The lowest BCUT2D eigenvalue weighted by Gasteiger charge is -2.25. The number of aliphatic hydroxyl groups is 1. The van der Waals surface area contributed by atoms with Crippen molar-refractivity contribution >= 4 is 33.4 Å². The topological polar surface area (TPSA) is 138 Å². The highest BCUT2D eigenvalue weighted by molar-refractivity contribution is 7.88. The summed E-state index contributed by atoms with van der Waals surface area (Å²) in [6, 6.07) is 13.5. The number of hydrogen-bond acceptors (Lipinski definition) is 8. The van der Waals surface area contributed by atoms with Crippen molar-refractivity contribution in [1.82, 2.24) is 19.3 Å². The van der Waals surface area contributed by atoms with Crippen LogP contribution in [0.25, 0.3) is 0 Å². The summed E-state index contributed by atoms with van der Waals surface area (Å²) < 4.78 is 46.8. The largest absolute Gasteiger partial charge is 0.497 e. The molecule has 1 aromatic heterocycles. The molecule has 0 fully saturated rings. The van der Waals surface area contributed by atoms with Crippen LogP contribution in [0.5, 0.6) is 5.75 Å². The Morgan fingerprint density at radius 2 is 1.92 bits per heavy atom. The number of aryl methyl sites for hydroxylation is 2. The first-order valence-corrected chi connectivity index (χ1v) is 13.9. The third-order valence-corrected chi connectivity index (χ3v) is 7.61. The number of thiazole rings is 1. The van der Waals surface area contributed by atoms with E-state index in [9.17, 15) is 27.5 Å². The van der Waals surface area contributed by atoms with Gasteiger partial charge in [0.1, 0.15) is 22.3 Å². The average Bonchev–Trinajstić information content (AvgIpc) is 3.27. The molecular weight excluding hydrogens is 535 g/mol. The predicted octanol–water partition coefficient (Wildman–Crippen LogP) is 2.49. The number of aliphatic hydroxyl groups excluding tert-OH is 1. The Morgan fingerprint density at radius 1 is 1.21 bits per heavy atom. The highest BCUT2D eigenvalue weighted by Crippen LogP contribution is 2.26. The van der Waals surface area contributed by atoms with Crippen molar-refractivity contribution in [3.05, 3.63) is 81.1 Å². The van der Waals surface area contributed by atoms with E-state index < -0.39 is 33.9 Å². The summed E-state index contributed by atoms with van der Waals surface area (Å²) in [6.45, 7) is 1.75. The van der Waals surface area contributed by atoms with Crippen molar-refractivity contribution in [3.8, 4) is 5.75 Å². The molecular formula is C25H29FN4O6S2. The summed E-state index contributed by atoms with van der Waals surface area (Å²) >= 11 is 1.11. The molecule has 10 nitrogen and oxygen atoms in total. The van der Waals surface area contributed by atoms with E-state index in [-0.39, 0.29) is 30.1 Å². The van der Waals surface area contributed by atoms with Gasteiger partial charge in [-0.25, -0.2) is 18.8 Å². The minimum absolute atomic E-state index is 0.0694. The van der Waals surface area contributed by atoms with E-state index in [1.807, 2.05) is 39.8 Å². The van der Waals surface area contributed by atoms with Crippen LogP contribution >= 0.6 is 11.3 Å². The monoisotopic (exact) mass is 564 g/mol. The van der Waals surface area contributed by atoms with Gasteiger partial charge in [0, 0.05) is 30.1 Å². The molecule has 204 valence electrons. The zero-order chi connectivity index (χ0) is 27.9. The lowest BCUT2D eigenvalue weighted by molar-refractivity contribution is -0.141. The van der Waals surface area contributed by atoms with Gasteiger partial charge in [0.25, 0.3) is 11.8 Å². The third kappa shape index (κ3) is 7.57. The van der Waals surface area contributed by atoms with Crippen LogP contribution in [0.15, 0.2) is 48.5 Å². The van der Waals surface area contributed by atoms with Crippen molar-refractivity contribution in [2.24, 2.45) is 0 Å². The third-order valence-electron chi connectivity index (χ3n) is 5.66. The van der Waals surface area contributed by atoms with Crippen molar-refractivity contribution in [2.75, 3.05) is 20.7 Å². The van der Waals surface area contributed by atoms with Crippen molar-refractivity contribution in [3.63, 3.8) is 0 Å². The van der Waals surface area contributed by atoms with Crippen molar-refractivity contribution < 1.29 is 32.2 Å². The first-order chi connectivity index (χ1) is 18.0. The second-order valence-electron chi connectivity index (χ2n) is 8.29. The molecule has 3 rings (SSSR count). The van der Waals surface area contributed by atoms with E-state index in [0.29, 0.717) is 22.7 Å². The minimum atomic E-state index is -4.03. The quantitative estimate of drug-likeness (QED) is 0.307. The number of aromatic nitrogens is 1. The number of rotatable bonds is 12. The first-order valence-electron chi connectivity index (χ1n) is 11.6. The SMILES string of the molecule is CNS(=O)(=O)NC(=O)c1nc(CN(CCCc2ccccc2)C(=O)[C@H](O)c2ccc(OC)cc2F)sc1C. The zero-order valence-corrected chi connectivity index (χ0v) is 22.7. The molecule has 1 atom stereocenters. The predicted molar refractivity (Wildman–Crippen MR) is 140 cm³/mol. The highest BCUT2D eigenvalue weighted by Gasteiger charge is 2.28. The molecule has 0 spiro atoms. The Labute approximate surface area is 224 Å². The fourth-order valence-corrected chi connectivity index (χ4v) is 5.05. The molecule has 3 N–H and O–H groups in total. The molecule has 0 saturated carbocycles. The summed E-state index contributed by atoms with van der Waals surface area (Å²) in [5, 5.41) is 11.1. The first kappa shape index (κ1) is 29.2. The molecule has 3 aromatic rings. The number of benzene rings is 2. The van der Waals surface area contributed by atoms with Gasteiger partial charge in [-0.1, -0.05) is 30.3 Å². The standard InChI is InChI=1S/C25H29FN4O6S2/c1-16-22(24(32)29-38(34,35)27-2)28-21(37-16)15-30(13-7-10-17-8-5-4-6-9-17)25(33)23(31)19-12-11-18(36-3)14-20(19)26/h4-6,8-9,11-12,14,23,27,31H,7,10,13,15H2,1-3H3,(H,29,32)/t23-/m1/s1. The second-order valence-corrected chi connectivity index (χ2v) is 11.2. The molecule has 0 aliphatic heterocycles. The summed E-state index contributed by atoms with van der Waals surface area (Å²) in [6.07, 6.45) is -0.572. The van der Waals surface area contributed by atoms with Gasteiger partial charge in [0.05, 0.1) is 13.7 Å². The van der Waals surface area contributed by atoms with Gasteiger partial charge in [-0.05, 0) is 37.5 Å². The highest BCUT2D eigenvalue weighted by atomic mass is 32.2. The molecule has 1 heterocycles. The fourth-order valence-electron chi connectivity index (χ4n) is 3.66. The molecule has 0 saturated heterocycles. The van der Waals surface area contributed by atoms with E-state index in [0.717, 1.165) is 30.0 Å². The average molecular weight is 565 g/mol. The van der Waals surface area contributed by atoms with Gasteiger partial charge in [-0.3, -0.25) is 9.59 Å². The summed E-state index contributed by atoms with van der Waals surface area (Å²) in [7, 11) is -1.49. The van der Waals surface area contributed by atoms with E-state index in [2.05, 4.69) is 4.98 Å². The van der Waals surface area contributed by atoms with Gasteiger partial charge in [0.15, 0.2) is 6.10 Å². The lowest BCUT2D eigenvalue weighted by atomic mass is 10.1. The Hall–Kier alpha value is -3.39. The van der Waals surface area contributed by atoms with Gasteiger partial charge in [-0.15, -0.1) is 11.3 Å². The molecule has 0 radical (unpaired) electrons. The summed E-state index contributed by atoms with van der Waals surface area (Å²) in [4.78, 5) is 31.8. The molecule has 2 amide bonds. The van der Waals surface area contributed by atoms with E-state index in [4.69, 9.17) is 4.74 Å². The number of halogens is 1. The molecule has 0 aliphatic carbocycles. The summed E-state index contributed by atoms with van der Waals surface area (Å²) in [5.74, 6) is -2.19. The molecule has 38 heavy (non-hydrogen) atoms. The van der Waals surface area contributed by atoms with Crippen LogP contribution in [0.1, 0.15) is 44.0 Å². The van der Waals surface area contributed by atoms with Crippen LogP contribution in [0.4, 0.5) is 4.39 Å². The van der Waals surface area contributed by atoms with Gasteiger partial charge < -0.3 is 14.7 Å². The Balaban J connectivity index is 1.83. The fraction of sp³-hybridized carbons (Fsp3) is 0.320. The Morgan fingerprint density at radius 3 is 2.55 bits per heavy atom. The molecule has 2 aromatic carbocycles. The summed E-state index contributed by atoms with van der Waals surface area (Å²) in [5.41, 5.74) is 0.773. The van der Waals surface area contributed by atoms with Gasteiger partial charge in [-0.2, -0.15) is 8.42 Å². The number of nitrogens with one attached hydrogen (secondary N) is 2. The van der Waals surface area contributed by atoms with Crippen molar-refractivity contribution in [1.29, 1.82) is 0 Å². The number of carbonyl (C=O) groups excluding carboxylic acids is 2. The lowest BCUT2D eigenvalue weighted by Crippen LogP contribution is -2.38. The number of carbonyl (C=O) groups is 2. The maximum absolute atomic E-state index is 14.6. The van der Waals surface area contributed by atoms with Crippen molar-refractivity contribution in [2.45, 2.75) is 32.4 Å². The zero-order valence-electron chi connectivity index (χ0n) is 21.1. The minimum Gasteiger partial charge on any atom is -0.497 e. The normalized spacial score (nSPS) is 12.1. The molecule has 0 bridgehead atoms. The van der Waals surface area contributed by atoms with E-state index >= 15 is 0 Å². The number of ether oxygens (including phenoxy) is 1. The molecule has 0 unspecified atom stereocenters. The Kier molecular flexibility index (Phi) is 9.91. The number of amides is 2. The van der Waals surface area contributed by atoms with Gasteiger partial charge in [0.2, 0.25) is 0 Å². The number of methoxy groups -OCH3 is 1. The second kappa shape index (κ2) is 12.9.